The van der Waals surface area contributed by atoms with Crippen molar-refractivity contribution in [3.63, 3.8) is 0 Å². The number of hydrogen-bond acceptors (Lipinski definition) is 3. The highest BCUT2D eigenvalue weighted by Crippen LogP contribution is 2.31. The molecule has 15 heavy (non-hydrogen) atoms. The summed E-state index contributed by atoms with van der Waals surface area (Å²) in [5.74, 6) is 2.09. The van der Waals surface area contributed by atoms with E-state index in [-0.39, 0.29) is 0 Å². The van der Waals surface area contributed by atoms with Crippen LogP contribution in [0, 0.1) is 0 Å². The summed E-state index contributed by atoms with van der Waals surface area (Å²) in [6.07, 6.45) is 3.49. The molecule has 0 saturated heterocycles. The SMILES string of the molecule is Clc1ccc(-c2nnc3n2CCCC3)s1. The Bertz CT molecular complexity index is 489. The van der Waals surface area contributed by atoms with Gasteiger partial charge in [0.1, 0.15) is 5.82 Å². The summed E-state index contributed by atoms with van der Waals surface area (Å²) in [7, 11) is 0. The zero-order valence-corrected chi connectivity index (χ0v) is 9.68. The van der Waals surface area contributed by atoms with E-state index in [0.717, 1.165) is 33.8 Å². The number of aromatic nitrogens is 3. The van der Waals surface area contributed by atoms with Crippen LogP contribution in [0.25, 0.3) is 10.7 Å². The van der Waals surface area contributed by atoms with Crippen LogP contribution in [0.1, 0.15) is 18.7 Å². The fourth-order valence-electron chi connectivity index (χ4n) is 1.93. The first-order valence-electron chi connectivity index (χ1n) is 5.02. The van der Waals surface area contributed by atoms with E-state index < -0.39 is 0 Å². The lowest BCUT2D eigenvalue weighted by Crippen LogP contribution is -2.11. The fraction of sp³-hybridized carbons (Fsp3) is 0.400. The van der Waals surface area contributed by atoms with Crippen LogP contribution >= 0.6 is 22.9 Å². The van der Waals surface area contributed by atoms with Gasteiger partial charge in [0.25, 0.3) is 0 Å². The maximum absolute atomic E-state index is 5.92. The van der Waals surface area contributed by atoms with Crippen molar-refractivity contribution in [2.24, 2.45) is 0 Å². The molecule has 0 aromatic carbocycles. The fourth-order valence-corrected chi connectivity index (χ4v) is 2.96. The van der Waals surface area contributed by atoms with Gasteiger partial charge in [0, 0.05) is 13.0 Å². The first-order valence-corrected chi connectivity index (χ1v) is 6.22. The summed E-state index contributed by atoms with van der Waals surface area (Å²) >= 11 is 7.48. The van der Waals surface area contributed by atoms with Gasteiger partial charge in [-0.3, -0.25) is 0 Å². The van der Waals surface area contributed by atoms with Gasteiger partial charge in [0.05, 0.1) is 9.21 Å². The third-order valence-electron chi connectivity index (χ3n) is 2.65. The zero-order chi connectivity index (χ0) is 10.3. The van der Waals surface area contributed by atoms with Crippen molar-refractivity contribution in [1.82, 2.24) is 14.8 Å². The second-order valence-corrected chi connectivity index (χ2v) is 5.37. The van der Waals surface area contributed by atoms with E-state index in [9.17, 15) is 0 Å². The highest BCUT2D eigenvalue weighted by molar-refractivity contribution is 7.19. The van der Waals surface area contributed by atoms with E-state index in [1.165, 1.54) is 12.8 Å². The second kappa shape index (κ2) is 3.61. The molecule has 2 aromatic heterocycles. The second-order valence-electron chi connectivity index (χ2n) is 3.65. The van der Waals surface area contributed by atoms with E-state index in [4.69, 9.17) is 11.6 Å². The van der Waals surface area contributed by atoms with Gasteiger partial charge in [-0.2, -0.15) is 0 Å². The van der Waals surface area contributed by atoms with Crippen LogP contribution in [-0.4, -0.2) is 14.8 Å². The van der Waals surface area contributed by atoms with Crippen molar-refractivity contribution in [3.05, 3.63) is 22.3 Å². The van der Waals surface area contributed by atoms with Gasteiger partial charge in [0.15, 0.2) is 5.82 Å². The first-order chi connectivity index (χ1) is 7.34. The van der Waals surface area contributed by atoms with Crippen LogP contribution < -0.4 is 0 Å². The summed E-state index contributed by atoms with van der Waals surface area (Å²) in [6.45, 7) is 1.03. The van der Waals surface area contributed by atoms with Crippen molar-refractivity contribution in [2.75, 3.05) is 0 Å². The molecule has 0 N–H and O–H groups in total. The van der Waals surface area contributed by atoms with Crippen molar-refractivity contribution in [1.29, 1.82) is 0 Å². The number of hydrogen-bond donors (Lipinski definition) is 0. The Morgan fingerprint density at radius 2 is 2.20 bits per heavy atom. The lowest BCUT2D eigenvalue weighted by molar-refractivity contribution is 0.526. The van der Waals surface area contributed by atoms with Crippen molar-refractivity contribution < 1.29 is 0 Å². The third-order valence-corrected chi connectivity index (χ3v) is 3.88. The Kier molecular flexibility index (Phi) is 2.25. The summed E-state index contributed by atoms with van der Waals surface area (Å²) < 4.78 is 3.02. The molecular formula is C10H10ClN3S. The normalized spacial score (nSPS) is 15.3. The number of rotatable bonds is 1. The molecule has 0 amide bonds. The molecule has 3 nitrogen and oxygen atoms in total. The number of nitrogens with zero attached hydrogens (tertiary/aromatic N) is 3. The maximum atomic E-state index is 5.92. The van der Waals surface area contributed by atoms with E-state index in [2.05, 4.69) is 14.8 Å². The van der Waals surface area contributed by atoms with Gasteiger partial charge in [-0.25, -0.2) is 0 Å². The smallest absolute Gasteiger partial charge is 0.174 e. The van der Waals surface area contributed by atoms with Crippen LogP contribution in [-0.2, 0) is 13.0 Å². The Morgan fingerprint density at radius 1 is 1.27 bits per heavy atom. The lowest BCUT2D eigenvalue weighted by Gasteiger charge is -2.13. The molecule has 3 rings (SSSR count). The monoisotopic (exact) mass is 239 g/mol. The topological polar surface area (TPSA) is 30.7 Å². The average molecular weight is 240 g/mol. The van der Waals surface area contributed by atoms with Crippen LogP contribution in [0.3, 0.4) is 0 Å². The largest absolute Gasteiger partial charge is 0.310 e. The molecule has 5 heteroatoms. The predicted octanol–water partition coefficient (Wildman–Crippen LogP) is 3.00. The minimum absolute atomic E-state index is 0.804. The van der Waals surface area contributed by atoms with Crippen molar-refractivity contribution >= 4 is 22.9 Å². The molecule has 78 valence electrons. The minimum Gasteiger partial charge on any atom is -0.310 e. The van der Waals surface area contributed by atoms with Gasteiger partial charge in [0.2, 0.25) is 0 Å². The highest BCUT2D eigenvalue weighted by Gasteiger charge is 2.17. The van der Waals surface area contributed by atoms with E-state index in [0.29, 0.717) is 0 Å². The first kappa shape index (κ1) is 9.36. The molecular weight excluding hydrogens is 230 g/mol. The van der Waals surface area contributed by atoms with E-state index in [1.54, 1.807) is 11.3 Å². The summed E-state index contributed by atoms with van der Waals surface area (Å²) in [5.41, 5.74) is 0. The van der Waals surface area contributed by atoms with Crippen LogP contribution in [0.2, 0.25) is 4.34 Å². The predicted molar refractivity (Wildman–Crippen MR) is 61.3 cm³/mol. The molecule has 1 aliphatic rings. The van der Waals surface area contributed by atoms with Crippen LogP contribution in [0.4, 0.5) is 0 Å². The molecule has 0 spiro atoms. The Hall–Kier alpha value is -0.870. The summed E-state index contributed by atoms with van der Waals surface area (Å²) in [4.78, 5) is 1.11. The van der Waals surface area contributed by atoms with Crippen LogP contribution in [0.5, 0.6) is 0 Å². The quantitative estimate of drug-likeness (QED) is 0.766. The molecule has 2 aromatic rings. The molecule has 1 aliphatic heterocycles. The minimum atomic E-state index is 0.804. The highest BCUT2D eigenvalue weighted by atomic mass is 35.5. The van der Waals surface area contributed by atoms with Gasteiger partial charge in [-0.1, -0.05) is 11.6 Å². The number of aryl methyl sites for hydroxylation is 1. The lowest BCUT2D eigenvalue weighted by atomic mass is 10.1. The third kappa shape index (κ3) is 1.58. The maximum Gasteiger partial charge on any atom is 0.174 e. The molecule has 0 unspecified atom stereocenters. The van der Waals surface area contributed by atoms with Gasteiger partial charge < -0.3 is 4.57 Å². The molecule has 0 bridgehead atoms. The average Bonchev–Trinajstić information content (AvgIpc) is 2.83. The molecule has 0 radical (unpaired) electrons. The molecule has 0 saturated carbocycles. The molecule has 0 atom stereocenters. The van der Waals surface area contributed by atoms with E-state index in [1.807, 2.05) is 12.1 Å². The Labute approximate surface area is 96.7 Å². The number of thiophene rings is 1. The molecule has 3 heterocycles. The molecule has 0 fully saturated rings. The number of halogens is 1. The van der Waals surface area contributed by atoms with E-state index >= 15 is 0 Å². The Balaban J connectivity index is 2.08. The molecule has 0 aliphatic carbocycles. The van der Waals surface area contributed by atoms with Crippen LogP contribution in [0.15, 0.2) is 12.1 Å². The van der Waals surface area contributed by atoms with Gasteiger partial charge >= 0.3 is 0 Å². The van der Waals surface area contributed by atoms with Crippen molar-refractivity contribution in [3.8, 4) is 10.7 Å². The summed E-state index contributed by atoms with van der Waals surface area (Å²) in [5, 5.41) is 8.47. The number of fused-ring (bicyclic) bond motifs is 1. The van der Waals surface area contributed by atoms with Gasteiger partial charge in [-0.05, 0) is 25.0 Å². The van der Waals surface area contributed by atoms with Crippen molar-refractivity contribution in [2.45, 2.75) is 25.8 Å². The Morgan fingerprint density at radius 3 is 3.00 bits per heavy atom. The summed E-state index contributed by atoms with van der Waals surface area (Å²) in [6, 6.07) is 3.92. The van der Waals surface area contributed by atoms with Gasteiger partial charge in [-0.15, -0.1) is 21.5 Å². The zero-order valence-electron chi connectivity index (χ0n) is 8.11. The standard InChI is InChI=1S/C10H10ClN3S/c11-8-5-4-7(15-8)10-13-12-9-3-1-2-6-14(9)10/h4-5H,1-3,6H2.